The SMILES string of the molecule is O=C(NC1CCC(n2c(=O)c3cc(F)cnc3n(-c3cccc(-c4ccccc4)c3)c2=O)CC1)C1=C[N+]2CN(F)C=CC2=N1. The minimum atomic E-state index is -0.675. The number of halogens is 2. The average Bonchev–Trinajstić information content (AvgIpc) is 3.46. The van der Waals surface area contributed by atoms with Gasteiger partial charge in [-0.1, -0.05) is 51.8 Å². The largest absolute Gasteiger partial charge is 0.348 e. The highest BCUT2D eigenvalue weighted by Crippen LogP contribution is 2.29. The van der Waals surface area contributed by atoms with Crippen molar-refractivity contribution in [3.05, 3.63) is 118 Å². The zero-order valence-corrected chi connectivity index (χ0v) is 23.4. The van der Waals surface area contributed by atoms with Gasteiger partial charge in [-0.3, -0.25) is 14.2 Å². The summed E-state index contributed by atoms with van der Waals surface area (Å²) in [4.78, 5) is 50.6. The topological polar surface area (TPSA) is 107 Å². The van der Waals surface area contributed by atoms with Gasteiger partial charge in [-0.25, -0.2) is 18.7 Å². The quantitative estimate of drug-likeness (QED) is 0.277. The van der Waals surface area contributed by atoms with E-state index < -0.39 is 23.1 Å². The van der Waals surface area contributed by atoms with Crippen LogP contribution in [0, 0.1) is 5.82 Å². The third-order valence-electron chi connectivity index (χ3n) is 8.21. The van der Waals surface area contributed by atoms with Crippen molar-refractivity contribution in [3.63, 3.8) is 0 Å². The fourth-order valence-electron chi connectivity index (χ4n) is 6.06. The molecule has 4 aromatic rings. The predicted molar refractivity (Wildman–Crippen MR) is 161 cm³/mol. The van der Waals surface area contributed by atoms with Crippen molar-refractivity contribution in [2.75, 3.05) is 6.67 Å². The molecule has 10 nitrogen and oxygen atoms in total. The number of pyridine rings is 1. The van der Waals surface area contributed by atoms with Crippen molar-refractivity contribution in [2.24, 2.45) is 4.99 Å². The summed E-state index contributed by atoms with van der Waals surface area (Å²) in [5.41, 5.74) is 1.44. The van der Waals surface area contributed by atoms with Crippen molar-refractivity contribution in [2.45, 2.75) is 37.8 Å². The first-order valence-corrected chi connectivity index (χ1v) is 14.3. The zero-order chi connectivity index (χ0) is 30.4. The molecular formula is C32H27F2N7O3+. The fraction of sp³-hybridized carbons (Fsp3) is 0.219. The summed E-state index contributed by atoms with van der Waals surface area (Å²) in [7, 11) is 0. The highest BCUT2D eigenvalue weighted by Gasteiger charge is 2.36. The Bertz CT molecular complexity index is 1990. The van der Waals surface area contributed by atoms with Crippen molar-refractivity contribution >= 4 is 22.8 Å². The number of fused-ring (bicyclic) bond motifs is 2. The molecule has 1 saturated carbocycles. The molecule has 0 saturated heterocycles. The van der Waals surface area contributed by atoms with Crippen LogP contribution in [0.2, 0.25) is 0 Å². The van der Waals surface area contributed by atoms with Crippen LogP contribution >= 0.6 is 0 Å². The van der Waals surface area contributed by atoms with Crippen molar-refractivity contribution in [3.8, 4) is 16.8 Å². The molecule has 1 amide bonds. The van der Waals surface area contributed by atoms with Gasteiger partial charge in [0.2, 0.25) is 6.67 Å². The maximum atomic E-state index is 14.3. The number of aromatic nitrogens is 3. The second-order valence-electron chi connectivity index (χ2n) is 11.0. The standard InChI is InChI=1S/C32H27F2N7O3/c33-22-16-26-29(35-17-22)40(25-8-4-7-21(15-25)20-5-2-1-3-6-20)32(44)41(31(26)43)24-11-9-23(10-12-24)36-30(42)27-18-38-19-39(34)14-13-28(38)37-27/h1-8,13-18,23-24H,9-12,19H2,(H,36,42)/q+1. The van der Waals surface area contributed by atoms with Crippen molar-refractivity contribution in [1.29, 1.82) is 0 Å². The van der Waals surface area contributed by atoms with Gasteiger partial charge in [0, 0.05) is 24.4 Å². The summed E-state index contributed by atoms with van der Waals surface area (Å²) in [6.07, 6.45) is 7.14. The van der Waals surface area contributed by atoms with E-state index in [-0.39, 0.29) is 35.3 Å². The molecule has 4 heterocycles. The number of carbonyl (C=O) groups excluding carboxylic acids is 1. The lowest BCUT2D eigenvalue weighted by Crippen LogP contribution is -2.45. The third kappa shape index (κ3) is 5.02. The number of hydrogen-bond donors (Lipinski definition) is 1. The lowest BCUT2D eigenvalue weighted by Gasteiger charge is -2.30. The Morgan fingerprint density at radius 1 is 0.977 bits per heavy atom. The van der Waals surface area contributed by atoms with E-state index >= 15 is 0 Å². The zero-order valence-electron chi connectivity index (χ0n) is 23.4. The van der Waals surface area contributed by atoms with Crippen LogP contribution in [0.5, 0.6) is 0 Å². The molecule has 44 heavy (non-hydrogen) atoms. The van der Waals surface area contributed by atoms with Gasteiger partial charge in [-0.05, 0) is 55.0 Å². The number of hydrogen-bond acceptors (Lipinski definition) is 7. The molecule has 0 bridgehead atoms. The molecule has 1 fully saturated rings. The number of amidine groups is 1. The number of aliphatic imine (C=N–C) groups is 1. The van der Waals surface area contributed by atoms with E-state index in [1.54, 1.807) is 6.07 Å². The van der Waals surface area contributed by atoms with Crippen LogP contribution in [0.4, 0.5) is 8.87 Å². The molecule has 0 atom stereocenters. The van der Waals surface area contributed by atoms with E-state index in [0.717, 1.165) is 23.4 Å². The highest BCUT2D eigenvalue weighted by atomic mass is 19.2. The Morgan fingerprint density at radius 2 is 1.75 bits per heavy atom. The summed E-state index contributed by atoms with van der Waals surface area (Å²) in [6, 6.07) is 17.5. The van der Waals surface area contributed by atoms with E-state index in [0.29, 0.717) is 42.3 Å². The predicted octanol–water partition coefficient (Wildman–Crippen LogP) is 4.02. The smallest absolute Gasteiger partial charge is 0.337 e. The summed E-state index contributed by atoms with van der Waals surface area (Å²) in [5.74, 6) is -0.564. The molecule has 2 aromatic heterocycles. The Kier molecular flexibility index (Phi) is 6.97. The van der Waals surface area contributed by atoms with Crippen molar-refractivity contribution in [1.82, 2.24) is 29.5 Å². The number of nitrogens with one attached hydrogen (secondary N) is 1. The van der Waals surface area contributed by atoms with Gasteiger partial charge >= 0.3 is 5.69 Å². The third-order valence-corrected chi connectivity index (χ3v) is 8.21. The number of nitrogens with zero attached hydrogens (tertiary/aromatic N) is 6. The second-order valence-corrected chi connectivity index (χ2v) is 11.0. The molecule has 1 radical (unpaired) electrons. The van der Waals surface area contributed by atoms with Gasteiger partial charge in [0.1, 0.15) is 5.82 Å². The minimum absolute atomic E-state index is 0.00906. The van der Waals surface area contributed by atoms with Gasteiger partial charge < -0.3 is 5.32 Å². The maximum absolute atomic E-state index is 14.3. The average molecular weight is 596 g/mol. The Hall–Kier alpha value is -5.23. The first kappa shape index (κ1) is 27.6. The number of carbonyl (C=O) groups is 1. The van der Waals surface area contributed by atoms with Gasteiger partial charge in [0.15, 0.2) is 17.5 Å². The highest BCUT2D eigenvalue weighted by molar-refractivity contribution is 6.05. The second kappa shape index (κ2) is 11.1. The molecule has 3 aliphatic rings. The number of rotatable bonds is 5. The summed E-state index contributed by atoms with van der Waals surface area (Å²) < 4.78 is 30.4. The van der Waals surface area contributed by atoms with E-state index in [2.05, 4.69) is 15.3 Å². The van der Waals surface area contributed by atoms with Crippen molar-refractivity contribution < 1.29 is 13.7 Å². The van der Waals surface area contributed by atoms with Gasteiger partial charge in [0.25, 0.3) is 17.3 Å². The molecule has 221 valence electrons. The van der Waals surface area contributed by atoms with Gasteiger partial charge in [-0.15, -0.1) is 0 Å². The Labute approximate surface area is 249 Å². The van der Waals surface area contributed by atoms with Crippen LogP contribution in [0.3, 0.4) is 0 Å². The van der Waals surface area contributed by atoms with Crippen LogP contribution in [0.25, 0.3) is 27.8 Å². The normalized spacial score (nSPS) is 19.9. The van der Waals surface area contributed by atoms with Crippen LogP contribution in [0.15, 0.2) is 106 Å². The van der Waals surface area contributed by atoms with E-state index in [1.807, 2.05) is 48.5 Å². The fourth-order valence-corrected chi connectivity index (χ4v) is 6.06. The monoisotopic (exact) mass is 595 g/mol. The lowest BCUT2D eigenvalue weighted by atomic mass is 9.90. The molecule has 0 spiro atoms. The molecule has 1 aliphatic carbocycles. The summed E-state index contributed by atoms with van der Waals surface area (Å²) in [6.45, 7) is -0.0504. The first-order valence-electron chi connectivity index (χ1n) is 14.3. The lowest BCUT2D eigenvalue weighted by molar-refractivity contribution is -0.118. The summed E-state index contributed by atoms with van der Waals surface area (Å²) >= 11 is 0. The molecule has 2 aromatic carbocycles. The van der Waals surface area contributed by atoms with Gasteiger partial charge in [0.05, 0.1) is 17.3 Å². The first-order chi connectivity index (χ1) is 21.4. The maximum Gasteiger partial charge on any atom is 0.337 e. The number of benzene rings is 2. The van der Waals surface area contributed by atoms with Gasteiger partial charge in [-0.2, -0.15) is 10.1 Å². The number of amides is 1. The van der Waals surface area contributed by atoms with E-state index in [1.165, 1.54) is 32.5 Å². The Balaban J connectivity index is 1.17. The molecule has 0 unspecified atom stereocenters. The molecule has 7 rings (SSSR count). The minimum Gasteiger partial charge on any atom is -0.348 e. The van der Waals surface area contributed by atoms with E-state index in [4.69, 9.17) is 0 Å². The van der Waals surface area contributed by atoms with Crippen LogP contribution in [-0.4, -0.2) is 43.7 Å². The molecule has 1 N–H and O–H groups in total. The molecule has 12 heteroatoms. The van der Waals surface area contributed by atoms with Crippen LogP contribution in [-0.2, 0) is 4.79 Å². The molecular weight excluding hydrogens is 568 g/mol. The Morgan fingerprint density at radius 3 is 2.55 bits per heavy atom. The van der Waals surface area contributed by atoms with E-state index in [9.17, 15) is 23.3 Å². The van der Waals surface area contributed by atoms with Crippen LogP contribution in [0.1, 0.15) is 31.7 Å². The summed E-state index contributed by atoms with van der Waals surface area (Å²) in [5, 5.41) is 3.48. The van der Waals surface area contributed by atoms with Crippen LogP contribution < -0.4 is 21.5 Å². The molecule has 2 aliphatic heterocycles.